The van der Waals surface area contributed by atoms with Crippen LogP contribution in [0.1, 0.15) is 46.0 Å². The molecule has 2 amide bonds. The van der Waals surface area contributed by atoms with Crippen molar-refractivity contribution in [1.29, 1.82) is 0 Å². The van der Waals surface area contributed by atoms with Gasteiger partial charge in [0.25, 0.3) is 0 Å². The first-order chi connectivity index (χ1) is 9.36. The third-order valence-corrected chi connectivity index (χ3v) is 4.53. The second-order valence-corrected chi connectivity index (χ2v) is 6.54. The van der Waals surface area contributed by atoms with E-state index in [2.05, 4.69) is 12.2 Å². The molecule has 20 heavy (non-hydrogen) atoms. The van der Waals surface area contributed by atoms with Gasteiger partial charge in [-0.3, -0.25) is 19.7 Å². The Hall–Kier alpha value is -1.23. The zero-order chi connectivity index (χ0) is 14.9. The molecule has 0 bridgehead atoms. The molecule has 4 atom stereocenters. The lowest BCUT2D eigenvalue weighted by Gasteiger charge is -2.34. The largest absolute Gasteiger partial charge is 0.392 e. The molecule has 1 heterocycles. The summed E-state index contributed by atoms with van der Waals surface area (Å²) in [5.74, 6) is -0.499. The molecule has 0 unspecified atom stereocenters. The van der Waals surface area contributed by atoms with E-state index in [0.717, 1.165) is 6.42 Å². The Bertz CT molecular complexity index is 404. The average molecular weight is 281 g/mol. The third-order valence-electron chi connectivity index (χ3n) is 4.53. The van der Waals surface area contributed by atoms with Gasteiger partial charge in [-0.05, 0) is 31.1 Å². The summed E-state index contributed by atoms with van der Waals surface area (Å²) in [5, 5.41) is 12.6. The monoisotopic (exact) mass is 281 g/mol. The molecule has 112 valence electrons. The Kier molecular flexibility index (Phi) is 4.58. The lowest BCUT2D eigenvalue weighted by Crippen LogP contribution is -2.42. The second-order valence-electron chi connectivity index (χ2n) is 6.54. The van der Waals surface area contributed by atoms with Crippen LogP contribution < -0.4 is 5.32 Å². The van der Waals surface area contributed by atoms with Crippen LogP contribution in [0.15, 0.2) is 0 Å². The van der Waals surface area contributed by atoms with Crippen molar-refractivity contribution in [3.63, 3.8) is 0 Å². The van der Waals surface area contributed by atoms with Gasteiger partial charge in [0.2, 0.25) is 11.8 Å². The summed E-state index contributed by atoms with van der Waals surface area (Å²) in [4.78, 5) is 34.8. The number of aliphatic hydroxyl groups is 1. The Morgan fingerprint density at radius 1 is 1.15 bits per heavy atom. The summed E-state index contributed by atoms with van der Waals surface area (Å²) >= 11 is 0. The molecule has 2 rings (SSSR count). The molecule has 0 spiro atoms. The number of hydrogen-bond donors (Lipinski definition) is 2. The highest BCUT2D eigenvalue weighted by Crippen LogP contribution is 2.34. The van der Waals surface area contributed by atoms with E-state index < -0.39 is 6.10 Å². The van der Waals surface area contributed by atoms with Crippen LogP contribution in [0.3, 0.4) is 0 Å². The van der Waals surface area contributed by atoms with Crippen LogP contribution in [0.25, 0.3) is 0 Å². The molecule has 2 N–H and O–H groups in total. The number of piperidine rings is 1. The van der Waals surface area contributed by atoms with E-state index in [0.29, 0.717) is 18.8 Å². The molecule has 1 aliphatic carbocycles. The molecule has 0 radical (unpaired) electrons. The minimum atomic E-state index is -0.739. The van der Waals surface area contributed by atoms with Crippen LogP contribution in [-0.4, -0.2) is 28.8 Å². The topological polar surface area (TPSA) is 83.5 Å². The SMILES string of the molecule is C[C@H]1C[C@H](C)C(=O)[C@@H]([C@@H](O)CC2CC(=O)NC(=O)C2)C1. The number of amides is 2. The molecule has 5 nitrogen and oxygen atoms in total. The summed E-state index contributed by atoms with van der Waals surface area (Å²) in [5.41, 5.74) is 0. The first-order valence-electron chi connectivity index (χ1n) is 7.41. The lowest BCUT2D eigenvalue weighted by atomic mass is 9.71. The molecule has 1 aliphatic heterocycles. The highest BCUT2D eigenvalue weighted by atomic mass is 16.3. The fraction of sp³-hybridized carbons (Fsp3) is 0.800. The number of hydrogen-bond acceptors (Lipinski definition) is 4. The standard InChI is InChI=1S/C15H23NO4/c1-8-3-9(2)15(20)11(4-8)12(17)5-10-6-13(18)16-14(19)7-10/h8-12,17H,3-7H2,1-2H3,(H,16,18,19)/t8-,9-,11+,12-/m0/s1. The maximum Gasteiger partial charge on any atom is 0.226 e. The number of Topliss-reactive ketones (excluding diaryl/α,β-unsaturated/α-hetero) is 1. The molecule has 5 heteroatoms. The number of imide groups is 1. The van der Waals surface area contributed by atoms with Crippen LogP contribution in [0, 0.1) is 23.7 Å². The van der Waals surface area contributed by atoms with E-state index in [1.807, 2.05) is 6.92 Å². The normalized spacial score (nSPS) is 34.0. The predicted molar refractivity (Wildman–Crippen MR) is 72.6 cm³/mol. The summed E-state index contributed by atoms with van der Waals surface area (Å²) in [6, 6.07) is 0. The number of nitrogens with one attached hydrogen (secondary N) is 1. The summed E-state index contributed by atoms with van der Waals surface area (Å²) in [7, 11) is 0. The minimum absolute atomic E-state index is 0.00492. The van der Waals surface area contributed by atoms with Crippen molar-refractivity contribution in [2.75, 3.05) is 0 Å². The highest BCUT2D eigenvalue weighted by molar-refractivity contribution is 5.97. The average Bonchev–Trinajstić information content (AvgIpc) is 2.32. The Morgan fingerprint density at radius 3 is 2.35 bits per heavy atom. The van der Waals surface area contributed by atoms with E-state index in [4.69, 9.17) is 0 Å². The Morgan fingerprint density at radius 2 is 1.75 bits per heavy atom. The van der Waals surface area contributed by atoms with Crippen LogP contribution in [0.2, 0.25) is 0 Å². The number of rotatable bonds is 3. The maximum absolute atomic E-state index is 12.2. The highest BCUT2D eigenvalue weighted by Gasteiger charge is 2.38. The predicted octanol–water partition coefficient (Wildman–Crippen LogP) is 1.04. The van der Waals surface area contributed by atoms with E-state index in [1.54, 1.807) is 0 Å². The van der Waals surface area contributed by atoms with Crippen molar-refractivity contribution in [1.82, 2.24) is 5.32 Å². The van der Waals surface area contributed by atoms with E-state index in [9.17, 15) is 19.5 Å². The molecule has 1 saturated heterocycles. The van der Waals surface area contributed by atoms with Gasteiger partial charge in [0.05, 0.1) is 6.10 Å². The summed E-state index contributed by atoms with van der Waals surface area (Å²) < 4.78 is 0. The third kappa shape index (κ3) is 3.45. The fourth-order valence-corrected chi connectivity index (χ4v) is 3.60. The van der Waals surface area contributed by atoms with Gasteiger partial charge in [-0.2, -0.15) is 0 Å². The smallest absolute Gasteiger partial charge is 0.226 e. The van der Waals surface area contributed by atoms with Crippen molar-refractivity contribution in [3.8, 4) is 0 Å². The van der Waals surface area contributed by atoms with Crippen molar-refractivity contribution in [2.24, 2.45) is 23.7 Å². The van der Waals surface area contributed by atoms with Gasteiger partial charge in [-0.15, -0.1) is 0 Å². The summed E-state index contributed by atoms with van der Waals surface area (Å²) in [6.45, 7) is 4.01. The first kappa shape index (κ1) is 15.2. The summed E-state index contributed by atoms with van der Waals surface area (Å²) in [6.07, 6.45) is 1.72. The Balaban J connectivity index is 1.96. The van der Waals surface area contributed by atoms with Gasteiger partial charge in [-0.25, -0.2) is 0 Å². The molecule has 2 fully saturated rings. The molecule has 0 aromatic rings. The van der Waals surface area contributed by atoms with Gasteiger partial charge in [-0.1, -0.05) is 13.8 Å². The molecule has 1 saturated carbocycles. The number of carbonyl (C=O) groups excluding carboxylic acids is 3. The number of ketones is 1. The fourth-order valence-electron chi connectivity index (χ4n) is 3.60. The number of carbonyl (C=O) groups is 3. The maximum atomic E-state index is 12.2. The van der Waals surface area contributed by atoms with Gasteiger partial charge in [0.1, 0.15) is 5.78 Å². The first-order valence-corrected chi connectivity index (χ1v) is 7.41. The number of aliphatic hydroxyl groups excluding tert-OH is 1. The molecule has 0 aromatic heterocycles. The molecule has 0 aromatic carbocycles. The van der Waals surface area contributed by atoms with Gasteiger partial charge in [0.15, 0.2) is 0 Å². The van der Waals surface area contributed by atoms with Crippen LogP contribution >= 0.6 is 0 Å². The lowest BCUT2D eigenvalue weighted by molar-refractivity contribution is -0.136. The van der Waals surface area contributed by atoms with Crippen LogP contribution in [0.5, 0.6) is 0 Å². The van der Waals surface area contributed by atoms with E-state index in [-0.39, 0.29) is 48.2 Å². The molecule has 2 aliphatic rings. The minimum Gasteiger partial charge on any atom is -0.392 e. The van der Waals surface area contributed by atoms with Gasteiger partial charge in [0, 0.05) is 24.7 Å². The molecular formula is C15H23NO4. The second kappa shape index (κ2) is 6.04. The Labute approximate surface area is 119 Å². The van der Waals surface area contributed by atoms with Crippen LogP contribution in [-0.2, 0) is 14.4 Å². The van der Waals surface area contributed by atoms with Gasteiger partial charge >= 0.3 is 0 Å². The quantitative estimate of drug-likeness (QED) is 0.757. The van der Waals surface area contributed by atoms with E-state index in [1.165, 1.54) is 0 Å². The van der Waals surface area contributed by atoms with E-state index >= 15 is 0 Å². The zero-order valence-electron chi connectivity index (χ0n) is 12.1. The van der Waals surface area contributed by atoms with Crippen molar-refractivity contribution in [2.45, 2.75) is 52.1 Å². The van der Waals surface area contributed by atoms with Crippen LogP contribution in [0.4, 0.5) is 0 Å². The van der Waals surface area contributed by atoms with Crippen molar-refractivity contribution >= 4 is 17.6 Å². The van der Waals surface area contributed by atoms with Crippen molar-refractivity contribution < 1.29 is 19.5 Å². The van der Waals surface area contributed by atoms with Crippen molar-refractivity contribution in [3.05, 3.63) is 0 Å². The molecular weight excluding hydrogens is 258 g/mol. The zero-order valence-corrected chi connectivity index (χ0v) is 12.1. The van der Waals surface area contributed by atoms with Gasteiger partial charge < -0.3 is 5.11 Å².